The summed E-state index contributed by atoms with van der Waals surface area (Å²) in [5.41, 5.74) is 0. The molecule has 0 saturated carbocycles. The van der Waals surface area contributed by atoms with Crippen LogP contribution in [0.4, 0.5) is 4.39 Å². The average Bonchev–Trinajstić information content (AvgIpc) is 2.41. The first kappa shape index (κ1) is 6.31. The number of thiophene rings is 2. The van der Waals surface area contributed by atoms with Crippen molar-refractivity contribution >= 4 is 32.8 Å². The standard InChI is InChI=1S/C7H5FS2/c1-4-7(8)5-2-9-3-6(5)10-4/h2-3H,1H3. The molecule has 2 aromatic rings. The highest BCUT2D eigenvalue weighted by atomic mass is 32.1. The minimum atomic E-state index is -0.0405. The van der Waals surface area contributed by atoms with Crippen LogP contribution in [0.3, 0.4) is 0 Å². The zero-order valence-corrected chi connectivity index (χ0v) is 6.98. The predicted octanol–water partition coefficient (Wildman–Crippen LogP) is 3.41. The number of halogens is 1. The second-order valence-corrected chi connectivity index (χ2v) is 4.12. The molecule has 0 aliphatic heterocycles. The van der Waals surface area contributed by atoms with E-state index >= 15 is 0 Å². The zero-order valence-electron chi connectivity index (χ0n) is 5.35. The summed E-state index contributed by atoms with van der Waals surface area (Å²) >= 11 is 3.07. The van der Waals surface area contributed by atoms with Crippen LogP contribution in [0.25, 0.3) is 10.1 Å². The summed E-state index contributed by atoms with van der Waals surface area (Å²) < 4.78 is 14.1. The molecule has 0 fully saturated rings. The molecule has 0 atom stereocenters. The van der Waals surface area contributed by atoms with Gasteiger partial charge in [0.25, 0.3) is 0 Å². The highest BCUT2D eigenvalue weighted by Crippen LogP contribution is 2.31. The summed E-state index contributed by atoms with van der Waals surface area (Å²) in [7, 11) is 0. The summed E-state index contributed by atoms with van der Waals surface area (Å²) in [6, 6.07) is 0. The van der Waals surface area contributed by atoms with Gasteiger partial charge in [0, 0.05) is 25.7 Å². The molecular formula is C7H5FS2. The van der Waals surface area contributed by atoms with E-state index in [1.807, 2.05) is 17.7 Å². The normalized spacial score (nSPS) is 11.0. The van der Waals surface area contributed by atoms with Crippen molar-refractivity contribution in [2.45, 2.75) is 6.92 Å². The Morgan fingerprint density at radius 1 is 1.40 bits per heavy atom. The lowest BCUT2D eigenvalue weighted by Crippen LogP contribution is -1.66. The summed E-state index contributed by atoms with van der Waals surface area (Å²) in [6.07, 6.45) is 0. The Hall–Kier alpha value is -0.410. The number of fused-ring (bicyclic) bond motifs is 1. The lowest BCUT2D eigenvalue weighted by atomic mass is 10.4. The second kappa shape index (κ2) is 2.04. The zero-order chi connectivity index (χ0) is 7.14. The third-order valence-corrected chi connectivity index (χ3v) is 3.37. The number of rotatable bonds is 0. The molecule has 0 amide bonds. The van der Waals surface area contributed by atoms with E-state index in [0.29, 0.717) is 0 Å². The van der Waals surface area contributed by atoms with Gasteiger partial charge in [0.1, 0.15) is 5.82 Å². The van der Waals surface area contributed by atoms with Crippen molar-refractivity contribution in [1.29, 1.82) is 0 Å². The van der Waals surface area contributed by atoms with Gasteiger partial charge in [-0.15, -0.1) is 11.3 Å². The van der Waals surface area contributed by atoms with E-state index < -0.39 is 0 Å². The van der Waals surface area contributed by atoms with Crippen LogP contribution >= 0.6 is 22.7 Å². The monoisotopic (exact) mass is 172 g/mol. The maximum absolute atomic E-state index is 13.0. The maximum atomic E-state index is 13.0. The first-order valence-electron chi connectivity index (χ1n) is 2.90. The molecule has 2 heterocycles. The molecule has 0 aromatic carbocycles. The van der Waals surface area contributed by atoms with Crippen molar-refractivity contribution in [3.8, 4) is 0 Å². The Kier molecular flexibility index (Phi) is 1.28. The smallest absolute Gasteiger partial charge is 0.145 e. The van der Waals surface area contributed by atoms with E-state index in [1.165, 1.54) is 11.3 Å². The lowest BCUT2D eigenvalue weighted by Gasteiger charge is -1.79. The maximum Gasteiger partial charge on any atom is 0.145 e. The Morgan fingerprint density at radius 3 is 2.90 bits per heavy atom. The van der Waals surface area contributed by atoms with Gasteiger partial charge in [0.15, 0.2) is 0 Å². The molecule has 2 rings (SSSR count). The fraction of sp³-hybridized carbons (Fsp3) is 0.143. The van der Waals surface area contributed by atoms with Gasteiger partial charge in [-0.1, -0.05) is 0 Å². The van der Waals surface area contributed by atoms with Gasteiger partial charge in [-0.25, -0.2) is 4.39 Å². The summed E-state index contributed by atoms with van der Waals surface area (Å²) in [5.74, 6) is -0.0405. The Labute approximate surface area is 65.9 Å². The molecule has 0 nitrogen and oxygen atoms in total. The predicted molar refractivity (Wildman–Crippen MR) is 44.4 cm³/mol. The minimum Gasteiger partial charge on any atom is -0.205 e. The van der Waals surface area contributed by atoms with Crippen LogP contribution in [0, 0.1) is 12.7 Å². The quantitative estimate of drug-likeness (QED) is 0.571. The van der Waals surface area contributed by atoms with Gasteiger partial charge >= 0.3 is 0 Å². The van der Waals surface area contributed by atoms with E-state index in [-0.39, 0.29) is 5.82 Å². The first-order chi connectivity index (χ1) is 4.79. The minimum absolute atomic E-state index is 0.0405. The van der Waals surface area contributed by atoms with E-state index in [0.717, 1.165) is 15.0 Å². The van der Waals surface area contributed by atoms with Gasteiger partial charge in [-0.3, -0.25) is 0 Å². The molecule has 3 heteroatoms. The van der Waals surface area contributed by atoms with Gasteiger partial charge in [-0.2, -0.15) is 11.3 Å². The molecular weight excluding hydrogens is 167 g/mol. The molecule has 0 saturated heterocycles. The molecule has 0 spiro atoms. The van der Waals surface area contributed by atoms with Gasteiger partial charge < -0.3 is 0 Å². The molecule has 52 valence electrons. The average molecular weight is 172 g/mol. The second-order valence-electron chi connectivity index (χ2n) is 2.12. The molecule has 0 unspecified atom stereocenters. The van der Waals surface area contributed by atoms with E-state index in [1.54, 1.807) is 11.3 Å². The largest absolute Gasteiger partial charge is 0.205 e. The fourth-order valence-corrected chi connectivity index (χ4v) is 2.83. The Bertz CT molecular complexity index is 358. The van der Waals surface area contributed by atoms with Crippen LogP contribution in [0.15, 0.2) is 10.8 Å². The topological polar surface area (TPSA) is 0 Å². The number of aryl methyl sites for hydroxylation is 1. The van der Waals surface area contributed by atoms with Crippen LogP contribution < -0.4 is 0 Å². The third-order valence-electron chi connectivity index (χ3n) is 1.44. The van der Waals surface area contributed by atoms with E-state index in [9.17, 15) is 4.39 Å². The van der Waals surface area contributed by atoms with Crippen LogP contribution in [-0.2, 0) is 0 Å². The molecule has 0 aliphatic rings. The van der Waals surface area contributed by atoms with Crippen molar-refractivity contribution in [3.63, 3.8) is 0 Å². The number of hydrogen-bond donors (Lipinski definition) is 0. The SMILES string of the molecule is Cc1sc2cscc2c1F. The van der Waals surface area contributed by atoms with E-state index in [2.05, 4.69) is 0 Å². The molecule has 10 heavy (non-hydrogen) atoms. The van der Waals surface area contributed by atoms with Crippen molar-refractivity contribution in [3.05, 3.63) is 21.5 Å². The summed E-state index contributed by atoms with van der Waals surface area (Å²) in [4.78, 5) is 0.790. The van der Waals surface area contributed by atoms with Crippen molar-refractivity contribution in [2.75, 3.05) is 0 Å². The third kappa shape index (κ3) is 0.707. The van der Waals surface area contributed by atoms with Crippen LogP contribution in [0.5, 0.6) is 0 Å². The van der Waals surface area contributed by atoms with Crippen molar-refractivity contribution in [2.24, 2.45) is 0 Å². The molecule has 0 bridgehead atoms. The molecule has 0 N–H and O–H groups in total. The van der Waals surface area contributed by atoms with Crippen molar-refractivity contribution in [1.82, 2.24) is 0 Å². The summed E-state index contributed by atoms with van der Waals surface area (Å²) in [6.45, 7) is 1.81. The van der Waals surface area contributed by atoms with Crippen LogP contribution in [0.1, 0.15) is 4.88 Å². The number of hydrogen-bond acceptors (Lipinski definition) is 2. The summed E-state index contributed by atoms with van der Waals surface area (Å²) in [5, 5.41) is 4.62. The molecule has 0 radical (unpaired) electrons. The highest BCUT2D eigenvalue weighted by molar-refractivity contribution is 7.22. The lowest BCUT2D eigenvalue weighted by molar-refractivity contribution is 0.637. The van der Waals surface area contributed by atoms with Gasteiger partial charge in [0.2, 0.25) is 0 Å². The molecule has 0 aliphatic carbocycles. The highest BCUT2D eigenvalue weighted by Gasteiger charge is 2.07. The molecule has 2 aromatic heterocycles. The van der Waals surface area contributed by atoms with Crippen LogP contribution in [-0.4, -0.2) is 0 Å². The van der Waals surface area contributed by atoms with Gasteiger partial charge in [-0.05, 0) is 6.92 Å². The van der Waals surface area contributed by atoms with Crippen molar-refractivity contribution < 1.29 is 4.39 Å². The van der Waals surface area contributed by atoms with E-state index in [4.69, 9.17) is 0 Å². The fourth-order valence-electron chi connectivity index (χ4n) is 0.924. The Balaban J connectivity index is 2.95. The van der Waals surface area contributed by atoms with Crippen LogP contribution in [0.2, 0.25) is 0 Å². The Morgan fingerprint density at radius 2 is 2.20 bits per heavy atom. The first-order valence-corrected chi connectivity index (χ1v) is 4.66. The van der Waals surface area contributed by atoms with Gasteiger partial charge in [0.05, 0.1) is 0 Å².